The molecule has 2 aliphatic heterocycles. The van der Waals surface area contributed by atoms with Crippen LogP contribution < -0.4 is 10.1 Å². The van der Waals surface area contributed by atoms with Gasteiger partial charge in [0.2, 0.25) is 0 Å². The van der Waals surface area contributed by atoms with E-state index >= 15 is 0 Å². The van der Waals surface area contributed by atoms with E-state index in [9.17, 15) is 4.79 Å². The smallest absolute Gasteiger partial charge is 0.317 e. The summed E-state index contributed by atoms with van der Waals surface area (Å²) in [4.78, 5) is 14.5. The first-order chi connectivity index (χ1) is 12.2. The third-order valence-corrected chi connectivity index (χ3v) is 5.44. The molecule has 1 N–H and O–H groups in total. The molecule has 1 saturated heterocycles. The second-order valence-electron chi connectivity index (χ2n) is 7.18. The van der Waals surface area contributed by atoms with Crippen molar-refractivity contribution in [2.24, 2.45) is 5.92 Å². The highest BCUT2D eigenvalue weighted by molar-refractivity contribution is 5.74. The summed E-state index contributed by atoms with van der Waals surface area (Å²) in [6, 6.07) is 6.24. The molecule has 0 aromatic heterocycles. The molecule has 0 spiro atoms. The lowest BCUT2D eigenvalue weighted by Gasteiger charge is -2.27. The van der Waals surface area contributed by atoms with Gasteiger partial charge in [-0.15, -0.1) is 0 Å². The summed E-state index contributed by atoms with van der Waals surface area (Å²) < 4.78 is 11.1. The van der Waals surface area contributed by atoms with Crippen LogP contribution in [-0.2, 0) is 17.6 Å². The maximum atomic E-state index is 12.5. The van der Waals surface area contributed by atoms with Gasteiger partial charge in [0, 0.05) is 26.2 Å². The molecule has 0 saturated carbocycles. The summed E-state index contributed by atoms with van der Waals surface area (Å²) in [5.74, 6) is 1.61. The Balaban J connectivity index is 1.47. The SMILES string of the molecule is COc1cccc2c1CCN(C(=O)NCC[C@@H]1CCO[C@H](C)C1)CC2. The number of fused-ring (bicyclic) bond motifs is 1. The number of ether oxygens (including phenoxy) is 2. The van der Waals surface area contributed by atoms with E-state index in [4.69, 9.17) is 9.47 Å². The first kappa shape index (κ1) is 18.1. The Morgan fingerprint density at radius 3 is 3.00 bits per heavy atom. The van der Waals surface area contributed by atoms with Gasteiger partial charge in [0.25, 0.3) is 0 Å². The average Bonchev–Trinajstić information content (AvgIpc) is 2.84. The van der Waals surface area contributed by atoms with Crippen LogP contribution in [-0.4, -0.2) is 50.4 Å². The second-order valence-corrected chi connectivity index (χ2v) is 7.18. The van der Waals surface area contributed by atoms with Crippen LogP contribution in [0.1, 0.15) is 37.3 Å². The number of nitrogens with zero attached hydrogens (tertiary/aromatic N) is 1. The third kappa shape index (κ3) is 4.66. The van der Waals surface area contributed by atoms with Crippen molar-refractivity contribution in [2.75, 3.05) is 33.4 Å². The molecule has 1 aromatic carbocycles. The lowest BCUT2D eigenvalue weighted by Crippen LogP contribution is -2.42. The monoisotopic (exact) mass is 346 g/mol. The van der Waals surface area contributed by atoms with Gasteiger partial charge >= 0.3 is 6.03 Å². The van der Waals surface area contributed by atoms with Gasteiger partial charge in [-0.25, -0.2) is 4.79 Å². The van der Waals surface area contributed by atoms with Crippen molar-refractivity contribution in [3.8, 4) is 5.75 Å². The number of rotatable bonds is 4. The minimum Gasteiger partial charge on any atom is -0.496 e. The van der Waals surface area contributed by atoms with E-state index in [0.29, 0.717) is 12.0 Å². The van der Waals surface area contributed by atoms with E-state index in [0.717, 1.165) is 64.1 Å². The van der Waals surface area contributed by atoms with Crippen molar-refractivity contribution >= 4 is 6.03 Å². The zero-order valence-electron chi connectivity index (χ0n) is 15.4. The Morgan fingerprint density at radius 2 is 2.20 bits per heavy atom. The molecule has 0 unspecified atom stereocenters. The molecule has 5 heteroatoms. The Morgan fingerprint density at radius 1 is 1.36 bits per heavy atom. The van der Waals surface area contributed by atoms with Crippen molar-refractivity contribution < 1.29 is 14.3 Å². The number of hydrogen-bond donors (Lipinski definition) is 1. The second kappa shape index (κ2) is 8.56. The zero-order chi connectivity index (χ0) is 17.6. The van der Waals surface area contributed by atoms with Crippen LogP contribution in [0, 0.1) is 5.92 Å². The summed E-state index contributed by atoms with van der Waals surface area (Å²) in [5, 5.41) is 3.11. The Bertz CT molecular complexity index is 590. The minimum atomic E-state index is 0.0619. The molecule has 2 atom stereocenters. The first-order valence-corrected chi connectivity index (χ1v) is 9.46. The molecule has 138 valence electrons. The molecule has 1 fully saturated rings. The molecule has 0 bridgehead atoms. The summed E-state index contributed by atoms with van der Waals surface area (Å²) in [5.41, 5.74) is 2.54. The summed E-state index contributed by atoms with van der Waals surface area (Å²) in [7, 11) is 1.71. The maximum absolute atomic E-state index is 12.5. The molecule has 2 aliphatic rings. The van der Waals surface area contributed by atoms with Crippen LogP contribution >= 0.6 is 0 Å². The first-order valence-electron chi connectivity index (χ1n) is 9.46. The average molecular weight is 346 g/mol. The van der Waals surface area contributed by atoms with Crippen molar-refractivity contribution in [1.82, 2.24) is 10.2 Å². The van der Waals surface area contributed by atoms with Gasteiger partial charge < -0.3 is 19.7 Å². The van der Waals surface area contributed by atoms with Crippen LogP contribution in [0.2, 0.25) is 0 Å². The van der Waals surface area contributed by atoms with Gasteiger partial charge in [-0.1, -0.05) is 12.1 Å². The van der Waals surface area contributed by atoms with E-state index in [1.807, 2.05) is 17.0 Å². The van der Waals surface area contributed by atoms with Gasteiger partial charge in [0.05, 0.1) is 13.2 Å². The van der Waals surface area contributed by atoms with Crippen molar-refractivity contribution in [3.63, 3.8) is 0 Å². The number of urea groups is 1. The van der Waals surface area contributed by atoms with E-state index < -0.39 is 0 Å². The van der Waals surface area contributed by atoms with Gasteiger partial charge in [-0.05, 0) is 62.1 Å². The van der Waals surface area contributed by atoms with E-state index in [1.54, 1.807) is 7.11 Å². The maximum Gasteiger partial charge on any atom is 0.317 e. The Hall–Kier alpha value is -1.75. The topological polar surface area (TPSA) is 50.8 Å². The molecule has 0 aliphatic carbocycles. The molecule has 3 rings (SSSR count). The zero-order valence-corrected chi connectivity index (χ0v) is 15.4. The molecule has 2 heterocycles. The third-order valence-electron chi connectivity index (χ3n) is 5.44. The van der Waals surface area contributed by atoms with Gasteiger partial charge in [-0.3, -0.25) is 0 Å². The summed E-state index contributed by atoms with van der Waals surface area (Å²) in [6.45, 7) is 5.25. The normalized spacial score (nSPS) is 23.5. The number of hydrogen-bond acceptors (Lipinski definition) is 3. The molecule has 1 aromatic rings. The number of amides is 2. The molecule has 2 amide bonds. The standard InChI is InChI=1S/C20H30N2O3/c1-15-14-16(9-13-25-15)6-10-21-20(23)22-11-7-17-4-3-5-19(24-2)18(17)8-12-22/h3-5,15-16H,6-14H2,1-2H3,(H,21,23)/t15-,16-/m1/s1. The highest BCUT2D eigenvalue weighted by Gasteiger charge is 2.22. The number of benzene rings is 1. The minimum absolute atomic E-state index is 0.0619. The fraction of sp³-hybridized carbons (Fsp3) is 0.650. The molecular formula is C20H30N2O3. The predicted octanol–water partition coefficient (Wildman–Crippen LogP) is 3.01. The quantitative estimate of drug-likeness (QED) is 0.912. The predicted molar refractivity (Wildman–Crippen MR) is 98.1 cm³/mol. The van der Waals surface area contributed by atoms with Crippen LogP contribution in [0.5, 0.6) is 5.75 Å². The van der Waals surface area contributed by atoms with Crippen LogP contribution in [0.3, 0.4) is 0 Å². The molecule has 5 nitrogen and oxygen atoms in total. The van der Waals surface area contributed by atoms with Gasteiger partial charge in [0.15, 0.2) is 0 Å². The fourth-order valence-electron chi connectivity index (χ4n) is 3.99. The van der Waals surface area contributed by atoms with Crippen molar-refractivity contribution in [1.29, 1.82) is 0 Å². The lowest BCUT2D eigenvalue weighted by molar-refractivity contribution is 0.00112. The van der Waals surface area contributed by atoms with Crippen LogP contribution in [0.25, 0.3) is 0 Å². The van der Waals surface area contributed by atoms with Crippen LogP contribution in [0.15, 0.2) is 18.2 Å². The molecule has 0 radical (unpaired) electrons. The Kier molecular flexibility index (Phi) is 6.19. The Labute approximate surface area is 150 Å². The molecule has 25 heavy (non-hydrogen) atoms. The number of nitrogens with one attached hydrogen (secondary N) is 1. The number of methoxy groups -OCH3 is 1. The van der Waals surface area contributed by atoms with E-state index in [2.05, 4.69) is 18.3 Å². The van der Waals surface area contributed by atoms with Crippen LogP contribution in [0.4, 0.5) is 4.79 Å². The van der Waals surface area contributed by atoms with Crippen molar-refractivity contribution in [3.05, 3.63) is 29.3 Å². The number of carbonyl (C=O) groups is 1. The fourth-order valence-corrected chi connectivity index (χ4v) is 3.99. The summed E-state index contributed by atoms with van der Waals surface area (Å²) in [6.07, 6.45) is 5.35. The largest absolute Gasteiger partial charge is 0.496 e. The van der Waals surface area contributed by atoms with E-state index in [1.165, 1.54) is 11.1 Å². The highest BCUT2D eigenvalue weighted by atomic mass is 16.5. The number of carbonyl (C=O) groups excluding carboxylic acids is 1. The summed E-state index contributed by atoms with van der Waals surface area (Å²) >= 11 is 0. The van der Waals surface area contributed by atoms with Gasteiger partial charge in [0.1, 0.15) is 5.75 Å². The lowest BCUT2D eigenvalue weighted by atomic mass is 9.93. The van der Waals surface area contributed by atoms with Gasteiger partial charge in [-0.2, -0.15) is 0 Å². The highest BCUT2D eigenvalue weighted by Crippen LogP contribution is 2.26. The van der Waals surface area contributed by atoms with Crippen molar-refractivity contribution in [2.45, 2.75) is 45.1 Å². The van der Waals surface area contributed by atoms with E-state index in [-0.39, 0.29) is 6.03 Å². The molecular weight excluding hydrogens is 316 g/mol.